The number of nitrogens with zero attached hydrogens (tertiary/aromatic N) is 3. The van der Waals surface area contributed by atoms with Crippen LogP contribution in [0.25, 0.3) is 5.65 Å². The number of nitrogens with two attached hydrogens (primary N) is 1. The van der Waals surface area contributed by atoms with E-state index in [2.05, 4.69) is 20.6 Å². The first kappa shape index (κ1) is 14.5. The summed E-state index contributed by atoms with van der Waals surface area (Å²) in [6.45, 7) is 3.21. The molecule has 0 bridgehead atoms. The molecule has 0 spiro atoms. The molecule has 0 saturated carbocycles. The van der Waals surface area contributed by atoms with E-state index in [-0.39, 0.29) is 5.75 Å². The van der Waals surface area contributed by atoms with Crippen molar-refractivity contribution in [2.45, 2.75) is 13.3 Å². The normalized spacial score (nSPS) is 11.7. The summed E-state index contributed by atoms with van der Waals surface area (Å²) in [6.07, 6.45) is 5.77. The lowest BCUT2D eigenvalue weighted by Crippen LogP contribution is -2.19. The number of hydrogen-bond donors (Lipinski definition) is 3. The van der Waals surface area contributed by atoms with Crippen molar-refractivity contribution in [1.29, 1.82) is 0 Å². The highest BCUT2D eigenvalue weighted by atomic mass is 32.2. The number of sulfonamides is 1. The predicted molar refractivity (Wildman–Crippen MR) is 78.2 cm³/mol. The maximum Gasteiger partial charge on any atom is 0.209 e. The Morgan fingerprint density at radius 1 is 1.40 bits per heavy atom. The van der Waals surface area contributed by atoms with E-state index in [9.17, 15) is 8.42 Å². The van der Waals surface area contributed by atoms with Gasteiger partial charge >= 0.3 is 0 Å². The summed E-state index contributed by atoms with van der Waals surface area (Å²) in [7, 11) is -3.42. The van der Waals surface area contributed by atoms with Gasteiger partial charge in [0.15, 0.2) is 11.5 Å². The number of hydrogen-bond acceptors (Lipinski definition) is 6. The number of aromatic nitrogens is 3. The van der Waals surface area contributed by atoms with E-state index in [4.69, 9.17) is 5.14 Å². The maximum absolute atomic E-state index is 10.9. The van der Waals surface area contributed by atoms with E-state index in [1.54, 1.807) is 6.20 Å². The molecule has 0 atom stereocenters. The average Bonchev–Trinajstić information content (AvgIpc) is 2.82. The topological polar surface area (TPSA) is 114 Å². The van der Waals surface area contributed by atoms with Crippen LogP contribution in [0.15, 0.2) is 18.6 Å². The Bertz CT molecular complexity index is 681. The molecule has 4 N–H and O–H groups in total. The molecule has 8 nitrogen and oxygen atoms in total. The minimum Gasteiger partial charge on any atom is -0.369 e. The molecule has 0 fully saturated rings. The number of rotatable bonds is 7. The smallest absolute Gasteiger partial charge is 0.209 e. The highest BCUT2D eigenvalue weighted by Crippen LogP contribution is 2.16. The highest BCUT2D eigenvalue weighted by Gasteiger charge is 2.07. The second kappa shape index (κ2) is 6.06. The van der Waals surface area contributed by atoms with Crippen LogP contribution < -0.4 is 15.8 Å². The molecule has 20 heavy (non-hydrogen) atoms. The first-order valence-corrected chi connectivity index (χ1v) is 8.03. The van der Waals surface area contributed by atoms with Gasteiger partial charge in [-0.05, 0) is 13.3 Å². The monoisotopic (exact) mass is 298 g/mol. The van der Waals surface area contributed by atoms with Gasteiger partial charge in [-0.3, -0.25) is 0 Å². The van der Waals surface area contributed by atoms with Gasteiger partial charge in [0.2, 0.25) is 10.0 Å². The fourth-order valence-electron chi connectivity index (χ4n) is 1.80. The fourth-order valence-corrected chi connectivity index (χ4v) is 2.34. The third-order valence-corrected chi connectivity index (χ3v) is 3.49. The zero-order valence-corrected chi connectivity index (χ0v) is 12.0. The van der Waals surface area contributed by atoms with Crippen LogP contribution in [-0.2, 0) is 10.0 Å². The number of primary sulfonamides is 1. The van der Waals surface area contributed by atoms with Gasteiger partial charge in [-0.15, -0.1) is 0 Å². The van der Waals surface area contributed by atoms with E-state index in [1.165, 1.54) is 0 Å². The molecule has 0 unspecified atom stereocenters. The van der Waals surface area contributed by atoms with Crippen LogP contribution in [0.1, 0.15) is 13.3 Å². The first-order valence-electron chi connectivity index (χ1n) is 6.31. The van der Waals surface area contributed by atoms with Crippen LogP contribution in [0, 0.1) is 0 Å². The lowest BCUT2D eigenvalue weighted by atomic mass is 10.4. The lowest BCUT2D eigenvalue weighted by molar-refractivity contribution is 0.596. The van der Waals surface area contributed by atoms with Gasteiger partial charge in [0.05, 0.1) is 11.9 Å². The molecule has 0 aliphatic heterocycles. The second-order valence-electron chi connectivity index (χ2n) is 4.31. The van der Waals surface area contributed by atoms with Gasteiger partial charge < -0.3 is 15.0 Å². The molecule has 0 aliphatic rings. The number of fused-ring (bicyclic) bond motifs is 1. The summed E-state index contributed by atoms with van der Waals surface area (Å²) in [5.74, 6) is 1.28. The number of nitrogens with one attached hydrogen (secondary N) is 2. The molecule has 110 valence electrons. The van der Waals surface area contributed by atoms with Crippen molar-refractivity contribution in [2.24, 2.45) is 5.14 Å². The zero-order chi connectivity index (χ0) is 14.6. The Hall–Kier alpha value is -1.87. The van der Waals surface area contributed by atoms with Gasteiger partial charge in [-0.2, -0.15) is 0 Å². The van der Waals surface area contributed by atoms with E-state index < -0.39 is 10.0 Å². The summed E-state index contributed by atoms with van der Waals surface area (Å²) < 4.78 is 23.6. The third-order valence-electron chi connectivity index (χ3n) is 2.63. The Labute approximate surface area is 117 Å². The predicted octanol–water partition coefficient (Wildman–Crippen LogP) is 0.252. The Morgan fingerprint density at radius 3 is 2.90 bits per heavy atom. The zero-order valence-electron chi connectivity index (χ0n) is 11.2. The van der Waals surface area contributed by atoms with Crippen molar-refractivity contribution in [3.05, 3.63) is 18.6 Å². The largest absolute Gasteiger partial charge is 0.369 e. The van der Waals surface area contributed by atoms with Gasteiger partial charge in [0.25, 0.3) is 0 Å². The molecule has 0 aromatic carbocycles. The highest BCUT2D eigenvalue weighted by molar-refractivity contribution is 7.89. The molecule has 0 amide bonds. The quantitative estimate of drug-likeness (QED) is 0.631. The maximum atomic E-state index is 10.9. The van der Waals surface area contributed by atoms with Crippen molar-refractivity contribution < 1.29 is 8.42 Å². The van der Waals surface area contributed by atoms with Crippen LogP contribution in [0.4, 0.5) is 11.6 Å². The third kappa shape index (κ3) is 3.81. The molecule has 2 heterocycles. The van der Waals surface area contributed by atoms with Gasteiger partial charge in [0.1, 0.15) is 5.82 Å². The first-order chi connectivity index (χ1) is 9.49. The van der Waals surface area contributed by atoms with Crippen LogP contribution in [0.3, 0.4) is 0 Å². The van der Waals surface area contributed by atoms with E-state index in [1.807, 2.05) is 23.7 Å². The van der Waals surface area contributed by atoms with Crippen molar-refractivity contribution in [3.8, 4) is 0 Å². The van der Waals surface area contributed by atoms with Gasteiger partial charge in [-0.1, -0.05) is 0 Å². The number of imidazole rings is 1. The molecule has 0 saturated heterocycles. The summed E-state index contributed by atoms with van der Waals surface area (Å²) in [5, 5.41) is 11.2. The van der Waals surface area contributed by atoms with Crippen molar-refractivity contribution in [1.82, 2.24) is 14.4 Å². The van der Waals surface area contributed by atoms with Crippen molar-refractivity contribution in [3.63, 3.8) is 0 Å². The molecule has 0 aliphatic carbocycles. The minimum absolute atomic E-state index is 0.0579. The molecular weight excluding hydrogens is 280 g/mol. The Kier molecular flexibility index (Phi) is 4.40. The molecule has 2 aromatic heterocycles. The standard InChI is InChI=1S/C11H18N6O2S/c1-2-13-9-8-17-6-5-15-11(17)10(16-9)14-4-3-7-20(12,18)19/h5-6,8,13H,2-4,7H2,1H3,(H,14,16)(H2,12,18,19). The average molecular weight is 298 g/mol. The van der Waals surface area contributed by atoms with Crippen LogP contribution in [0.2, 0.25) is 0 Å². The summed E-state index contributed by atoms with van der Waals surface area (Å²) in [5.41, 5.74) is 0.697. The summed E-state index contributed by atoms with van der Waals surface area (Å²) in [4.78, 5) is 8.63. The van der Waals surface area contributed by atoms with E-state index in [0.717, 1.165) is 12.4 Å². The second-order valence-corrected chi connectivity index (χ2v) is 6.04. The number of anilines is 2. The van der Waals surface area contributed by atoms with Gasteiger partial charge in [-0.25, -0.2) is 23.5 Å². The van der Waals surface area contributed by atoms with Crippen LogP contribution >= 0.6 is 0 Å². The Morgan fingerprint density at radius 2 is 2.20 bits per heavy atom. The summed E-state index contributed by atoms with van der Waals surface area (Å²) in [6, 6.07) is 0. The van der Waals surface area contributed by atoms with Crippen LogP contribution in [0.5, 0.6) is 0 Å². The molecule has 2 rings (SSSR count). The van der Waals surface area contributed by atoms with Crippen molar-refractivity contribution >= 4 is 27.3 Å². The minimum atomic E-state index is -3.42. The van der Waals surface area contributed by atoms with E-state index >= 15 is 0 Å². The van der Waals surface area contributed by atoms with Gasteiger partial charge in [0, 0.05) is 25.5 Å². The molecule has 9 heteroatoms. The fraction of sp³-hybridized carbons (Fsp3) is 0.455. The molecule has 0 radical (unpaired) electrons. The molecular formula is C11H18N6O2S. The summed E-state index contributed by atoms with van der Waals surface area (Å²) >= 11 is 0. The van der Waals surface area contributed by atoms with E-state index in [0.29, 0.717) is 24.4 Å². The molecule has 2 aromatic rings. The van der Waals surface area contributed by atoms with Crippen LogP contribution in [-0.4, -0.2) is 41.6 Å². The lowest BCUT2D eigenvalue weighted by Gasteiger charge is -2.10. The SMILES string of the molecule is CCNc1cn2ccnc2c(NCCCS(N)(=O)=O)n1. The Balaban J connectivity index is 2.09. The van der Waals surface area contributed by atoms with Crippen molar-refractivity contribution in [2.75, 3.05) is 29.5 Å².